The number of piperazine rings is 1. The van der Waals surface area contributed by atoms with Crippen LogP contribution in [0.4, 0.5) is 0 Å². The number of nitrogens with zero attached hydrogens (tertiary/aromatic N) is 1. The molecule has 0 saturated carbocycles. The quantitative estimate of drug-likeness (QED) is 0.748. The number of hydrogen-bond acceptors (Lipinski definition) is 2. The molecule has 0 radical (unpaired) electrons. The Morgan fingerprint density at radius 3 is 2.50 bits per heavy atom. The minimum atomic E-state index is 0.281. The van der Waals surface area contributed by atoms with Crippen molar-refractivity contribution in [3.8, 4) is 0 Å². The van der Waals surface area contributed by atoms with Gasteiger partial charge in [-0.3, -0.25) is 4.90 Å². The average molecular weight is 198 g/mol. The summed E-state index contributed by atoms with van der Waals surface area (Å²) >= 11 is 0. The minimum absolute atomic E-state index is 0.281. The van der Waals surface area contributed by atoms with Crippen LogP contribution in [0.15, 0.2) is 0 Å². The molecule has 0 aliphatic carbocycles. The lowest BCUT2D eigenvalue weighted by atomic mass is 9.92. The Kier molecular flexibility index (Phi) is 3.59. The molecule has 0 unspecified atom stereocenters. The zero-order chi connectivity index (χ0) is 10.8. The summed E-state index contributed by atoms with van der Waals surface area (Å²) in [5, 5.41) is 3.56. The first kappa shape index (κ1) is 12.0. The largest absolute Gasteiger partial charge is 0.309 e. The van der Waals surface area contributed by atoms with E-state index in [0.29, 0.717) is 5.54 Å². The zero-order valence-electron chi connectivity index (χ0n) is 10.5. The van der Waals surface area contributed by atoms with E-state index in [4.69, 9.17) is 0 Å². The molecule has 14 heavy (non-hydrogen) atoms. The first-order chi connectivity index (χ1) is 6.37. The van der Waals surface area contributed by atoms with E-state index in [0.717, 1.165) is 6.54 Å². The molecule has 1 fully saturated rings. The minimum Gasteiger partial charge on any atom is -0.309 e. The summed E-state index contributed by atoms with van der Waals surface area (Å²) < 4.78 is 0. The molecule has 0 aromatic heterocycles. The number of hydrogen-bond donors (Lipinski definition) is 1. The van der Waals surface area contributed by atoms with Gasteiger partial charge in [0.15, 0.2) is 0 Å². The molecule has 0 atom stereocenters. The van der Waals surface area contributed by atoms with Gasteiger partial charge in [-0.25, -0.2) is 0 Å². The van der Waals surface area contributed by atoms with E-state index < -0.39 is 0 Å². The molecular formula is C12H26N2. The topological polar surface area (TPSA) is 15.3 Å². The van der Waals surface area contributed by atoms with Crippen LogP contribution in [0.25, 0.3) is 0 Å². The molecule has 0 spiro atoms. The number of nitrogens with one attached hydrogen (secondary N) is 1. The molecule has 2 nitrogen and oxygen atoms in total. The lowest BCUT2D eigenvalue weighted by Crippen LogP contribution is -2.62. The van der Waals surface area contributed by atoms with Gasteiger partial charge in [-0.2, -0.15) is 0 Å². The third-order valence-electron chi connectivity index (χ3n) is 3.29. The summed E-state index contributed by atoms with van der Waals surface area (Å²) in [5.41, 5.74) is 0.650. The Balaban J connectivity index is 2.59. The van der Waals surface area contributed by atoms with Crippen LogP contribution < -0.4 is 5.32 Å². The van der Waals surface area contributed by atoms with Crippen LogP contribution in [0.5, 0.6) is 0 Å². The van der Waals surface area contributed by atoms with Crippen LogP contribution in [-0.4, -0.2) is 35.6 Å². The van der Waals surface area contributed by atoms with Gasteiger partial charge in [0.1, 0.15) is 0 Å². The van der Waals surface area contributed by atoms with Gasteiger partial charge in [0.25, 0.3) is 0 Å². The van der Waals surface area contributed by atoms with Gasteiger partial charge in [0, 0.05) is 30.7 Å². The van der Waals surface area contributed by atoms with Crippen LogP contribution in [0.3, 0.4) is 0 Å². The van der Waals surface area contributed by atoms with Crippen molar-refractivity contribution in [1.82, 2.24) is 10.2 Å². The zero-order valence-corrected chi connectivity index (χ0v) is 10.5. The maximum atomic E-state index is 3.56. The first-order valence-electron chi connectivity index (χ1n) is 5.87. The molecule has 0 aromatic carbocycles. The van der Waals surface area contributed by atoms with E-state index >= 15 is 0 Å². The highest BCUT2D eigenvalue weighted by molar-refractivity contribution is 4.93. The first-order valence-corrected chi connectivity index (χ1v) is 5.87. The molecule has 1 heterocycles. The molecule has 1 rings (SSSR count). The van der Waals surface area contributed by atoms with Crippen molar-refractivity contribution in [3.63, 3.8) is 0 Å². The van der Waals surface area contributed by atoms with Crippen molar-refractivity contribution >= 4 is 0 Å². The third-order valence-corrected chi connectivity index (χ3v) is 3.29. The Morgan fingerprint density at radius 1 is 1.36 bits per heavy atom. The van der Waals surface area contributed by atoms with Crippen molar-refractivity contribution in [2.45, 2.75) is 58.5 Å². The van der Waals surface area contributed by atoms with Crippen molar-refractivity contribution in [1.29, 1.82) is 0 Å². The van der Waals surface area contributed by atoms with Gasteiger partial charge in [-0.1, -0.05) is 13.3 Å². The highest BCUT2D eigenvalue weighted by Gasteiger charge is 2.33. The smallest absolute Gasteiger partial charge is 0.0252 e. The van der Waals surface area contributed by atoms with Gasteiger partial charge in [-0.15, -0.1) is 0 Å². The Labute approximate surface area is 89.1 Å². The molecule has 0 aromatic rings. The lowest BCUT2D eigenvalue weighted by molar-refractivity contribution is 0.0517. The van der Waals surface area contributed by atoms with Gasteiger partial charge in [-0.05, 0) is 34.1 Å². The summed E-state index contributed by atoms with van der Waals surface area (Å²) in [7, 11) is 0. The highest BCUT2D eigenvalue weighted by atomic mass is 15.3. The van der Waals surface area contributed by atoms with E-state index in [1.807, 2.05) is 0 Å². The summed E-state index contributed by atoms with van der Waals surface area (Å²) in [4.78, 5) is 2.63. The van der Waals surface area contributed by atoms with E-state index in [1.54, 1.807) is 0 Å². The molecule has 1 saturated heterocycles. The van der Waals surface area contributed by atoms with Crippen molar-refractivity contribution < 1.29 is 0 Å². The maximum Gasteiger partial charge on any atom is 0.0252 e. The molecule has 0 bridgehead atoms. The maximum absolute atomic E-state index is 3.56. The van der Waals surface area contributed by atoms with Gasteiger partial charge >= 0.3 is 0 Å². The SMILES string of the molecule is CCCC(C)(C)N1CCNC(C)(C)C1. The van der Waals surface area contributed by atoms with Crippen LogP contribution in [0, 0.1) is 0 Å². The molecule has 1 N–H and O–H groups in total. The summed E-state index contributed by atoms with van der Waals surface area (Å²) in [6.45, 7) is 15.1. The average Bonchev–Trinajstić information content (AvgIpc) is 2.02. The Morgan fingerprint density at radius 2 is 2.00 bits per heavy atom. The van der Waals surface area contributed by atoms with Gasteiger partial charge in [0.2, 0.25) is 0 Å². The summed E-state index contributed by atoms with van der Waals surface area (Å²) in [6.07, 6.45) is 2.57. The van der Waals surface area contributed by atoms with E-state index in [9.17, 15) is 0 Å². The fourth-order valence-electron chi connectivity index (χ4n) is 2.43. The van der Waals surface area contributed by atoms with Gasteiger partial charge in [0.05, 0.1) is 0 Å². The molecule has 1 aliphatic heterocycles. The predicted molar refractivity (Wildman–Crippen MR) is 62.6 cm³/mol. The fraction of sp³-hybridized carbons (Fsp3) is 1.00. The Hall–Kier alpha value is -0.0800. The van der Waals surface area contributed by atoms with Crippen molar-refractivity contribution in [2.24, 2.45) is 0 Å². The Bertz CT molecular complexity index is 185. The summed E-state index contributed by atoms with van der Waals surface area (Å²) in [6, 6.07) is 0. The fourth-order valence-corrected chi connectivity index (χ4v) is 2.43. The molecule has 2 heteroatoms. The normalized spacial score (nSPS) is 23.8. The van der Waals surface area contributed by atoms with Crippen LogP contribution in [0.1, 0.15) is 47.5 Å². The molecule has 84 valence electrons. The van der Waals surface area contributed by atoms with E-state index in [-0.39, 0.29) is 5.54 Å². The monoisotopic (exact) mass is 198 g/mol. The second-order valence-corrected chi connectivity index (χ2v) is 5.79. The van der Waals surface area contributed by atoms with Crippen molar-refractivity contribution in [3.05, 3.63) is 0 Å². The second-order valence-electron chi connectivity index (χ2n) is 5.79. The predicted octanol–water partition coefficient (Wildman–Crippen LogP) is 2.25. The van der Waals surface area contributed by atoms with Crippen molar-refractivity contribution in [2.75, 3.05) is 19.6 Å². The van der Waals surface area contributed by atoms with Gasteiger partial charge < -0.3 is 5.32 Å². The van der Waals surface area contributed by atoms with Crippen LogP contribution in [-0.2, 0) is 0 Å². The van der Waals surface area contributed by atoms with E-state index in [1.165, 1.54) is 25.9 Å². The lowest BCUT2D eigenvalue weighted by Gasteiger charge is -2.47. The molecule has 0 amide bonds. The standard InChI is InChI=1S/C12H26N2/c1-6-7-12(4,5)14-9-8-13-11(2,3)10-14/h13H,6-10H2,1-5H3. The molecular weight excluding hydrogens is 172 g/mol. The second kappa shape index (κ2) is 4.19. The highest BCUT2D eigenvalue weighted by Crippen LogP contribution is 2.24. The van der Waals surface area contributed by atoms with Crippen LogP contribution >= 0.6 is 0 Å². The summed E-state index contributed by atoms with van der Waals surface area (Å²) in [5.74, 6) is 0. The number of rotatable bonds is 3. The van der Waals surface area contributed by atoms with E-state index in [2.05, 4.69) is 44.8 Å². The van der Waals surface area contributed by atoms with Crippen LogP contribution in [0.2, 0.25) is 0 Å². The third kappa shape index (κ3) is 2.96. The molecule has 1 aliphatic rings.